The van der Waals surface area contributed by atoms with Gasteiger partial charge in [-0.2, -0.15) is 5.26 Å². The van der Waals surface area contributed by atoms with Crippen molar-refractivity contribution in [3.63, 3.8) is 0 Å². The molecule has 0 unspecified atom stereocenters. The second kappa shape index (κ2) is 13.0. The molecule has 0 radical (unpaired) electrons. The highest BCUT2D eigenvalue weighted by Gasteiger charge is 2.16. The molecule has 0 fully saturated rings. The lowest BCUT2D eigenvalue weighted by Gasteiger charge is -2.16. The first kappa shape index (κ1) is 31.3. The summed E-state index contributed by atoms with van der Waals surface area (Å²) in [7, 11) is 0. The highest BCUT2D eigenvalue weighted by molar-refractivity contribution is 6.20. The molecule has 250 valence electrons. The molecule has 0 atom stereocenters. The van der Waals surface area contributed by atoms with Gasteiger partial charge in [0.05, 0.1) is 23.0 Å². The summed E-state index contributed by atoms with van der Waals surface area (Å²) in [5, 5.41) is 19.2. The summed E-state index contributed by atoms with van der Waals surface area (Å²) in [6, 6.07) is 68.2. The largest absolute Gasteiger partial charge is 0.228 e. The minimum Gasteiger partial charge on any atom is -0.228 e. The van der Waals surface area contributed by atoms with E-state index >= 15 is 0 Å². The molecule has 0 aliphatic carbocycles. The highest BCUT2D eigenvalue weighted by Crippen LogP contribution is 2.41. The monoisotopic (exact) mass is 685 g/mol. The van der Waals surface area contributed by atoms with Crippen molar-refractivity contribution in [1.29, 1.82) is 5.26 Å². The molecule has 0 amide bonds. The zero-order valence-electron chi connectivity index (χ0n) is 29.2. The van der Waals surface area contributed by atoms with Gasteiger partial charge in [-0.05, 0) is 89.6 Å². The normalized spacial score (nSPS) is 11.3. The molecule has 0 saturated heterocycles. The third kappa shape index (κ3) is 5.37. The van der Waals surface area contributed by atoms with Gasteiger partial charge >= 0.3 is 0 Å². The molecule has 0 aliphatic rings. The highest BCUT2D eigenvalue weighted by atomic mass is 14.9. The van der Waals surface area contributed by atoms with Crippen LogP contribution in [0.25, 0.3) is 99.2 Å². The SMILES string of the molecule is N#Cc1ccc(-c2cc(-c3ccc(-c4ccc(-c5c6ccccc6cc6c5ccc5ccccc56)cc4)c4ccccc34)nc(-c3ccccc3)n2)cc1. The average Bonchev–Trinajstić information content (AvgIpc) is 3.25. The van der Waals surface area contributed by atoms with Gasteiger partial charge in [-0.1, -0.05) is 164 Å². The number of nitriles is 1. The van der Waals surface area contributed by atoms with Gasteiger partial charge in [-0.15, -0.1) is 0 Å². The van der Waals surface area contributed by atoms with E-state index in [1.165, 1.54) is 49.0 Å². The van der Waals surface area contributed by atoms with Crippen LogP contribution >= 0.6 is 0 Å². The van der Waals surface area contributed by atoms with Crippen LogP contribution < -0.4 is 0 Å². The smallest absolute Gasteiger partial charge is 0.160 e. The molecule has 3 nitrogen and oxygen atoms in total. The summed E-state index contributed by atoms with van der Waals surface area (Å²) in [6.45, 7) is 0. The average molecular weight is 686 g/mol. The maximum absolute atomic E-state index is 9.39. The van der Waals surface area contributed by atoms with Gasteiger partial charge in [0.2, 0.25) is 0 Å². The van der Waals surface area contributed by atoms with E-state index in [1.54, 1.807) is 0 Å². The molecule has 10 rings (SSSR count). The van der Waals surface area contributed by atoms with Crippen molar-refractivity contribution in [3.05, 3.63) is 194 Å². The topological polar surface area (TPSA) is 49.6 Å². The number of fused-ring (bicyclic) bond motifs is 5. The minimum absolute atomic E-state index is 0.616. The summed E-state index contributed by atoms with van der Waals surface area (Å²) in [5.74, 6) is 0.658. The van der Waals surface area contributed by atoms with Gasteiger partial charge in [-0.3, -0.25) is 0 Å². The second-order valence-electron chi connectivity index (χ2n) is 13.7. The molecule has 0 bridgehead atoms. The van der Waals surface area contributed by atoms with E-state index in [2.05, 4.69) is 140 Å². The maximum Gasteiger partial charge on any atom is 0.160 e. The Labute approximate surface area is 313 Å². The van der Waals surface area contributed by atoms with Crippen LogP contribution in [0.1, 0.15) is 5.56 Å². The van der Waals surface area contributed by atoms with Gasteiger partial charge in [0, 0.05) is 16.7 Å². The molecule has 0 spiro atoms. The first-order chi connectivity index (χ1) is 26.7. The van der Waals surface area contributed by atoms with Crippen molar-refractivity contribution < 1.29 is 0 Å². The van der Waals surface area contributed by atoms with Crippen molar-refractivity contribution in [1.82, 2.24) is 9.97 Å². The van der Waals surface area contributed by atoms with Gasteiger partial charge in [0.25, 0.3) is 0 Å². The Morgan fingerprint density at radius 2 is 0.944 bits per heavy atom. The number of aromatic nitrogens is 2. The molecule has 10 aromatic rings. The van der Waals surface area contributed by atoms with Crippen LogP contribution in [0.15, 0.2) is 188 Å². The second-order valence-corrected chi connectivity index (χ2v) is 13.7. The summed E-state index contributed by atoms with van der Waals surface area (Å²) in [4.78, 5) is 10.1. The zero-order valence-corrected chi connectivity index (χ0v) is 29.2. The van der Waals surface area contributed by atoms with Crippen molar-refractivity contribution in [2.45, 2.75) is 0 Å². The Morgan fingerprint density at radius 3 is 1.70 bits per heavy atom. The third-order valence-corrected chi connectivity index (χ3v) is 10.5. The summed E-state index contributed by atoms with van der Waals surface area (Å²) >= 11 is 0. The quantitative estimate of drug-likeness (QED) is 0.134. The predicted molar refractivity (Wildman–Crippen MR) is 224 cm³/mol. The number of benzene rings is 9. The van der Waals surface area contributed by atoms with Crippen molar-refractivity contribution in [2.75, 3.05) is 0 Å². The zero-order chi connectivity index (χ0) is 36.0. The number of hydrogen-bond donors (Lipinski definition) is 0. The van der Waals surface area contributed by atoms with Crippen LogP contribution in [-0.2, 0) is 0 Å². The number of rotatable bonds is 5. The molecule has 1 heterocycles. The molecular formula is C51H31N3. The molecule has 3 heteroatoms. The van der Waals surface area contributed by atoms with Gasteiger partial charge in [0.15, 0.2) is 5.82 Å². The van der Waals surface area contributed by atoms with E-state index in [4.69, 9.17) is 9.97 Å². The molecule has 0 aliphatic heterocycles. The van der Waals surface area contributed by atoms with Gasteiger partial charge < -0.3 is 0 Å². The fourth-order valence-corrected chi connectivity index (χ4v) is 7.89. The molecule has 9 aromatic carbocycles. The van der Waals surface area contributed by atoms with E-state index in [1.807, 2.05) is 54.6 Å². The molecule has 0 N–H and O–H groups in total. The van der Waals surface area contributed by atoms with Crippen LogP contribution in [0.4, 0.5) is 0 Å². The van der Waals surface area contributed by atoms with Crippen LogP contribution in [-0.4, -0.2) is 9.97 Å². The Kier molecular flexibility index (Phi) is 7.53. The van der Waals surface area contributed by atoms with Crippen LogP contribution in [0.2, 0.25) is 0 Å². The Bertz CT molecular complexity index is 3080. The lowest BCUT2D eigenvalue weighted by Crippen LogP contribution is -1.97. The minimum atomic E-state index is 0.616. The first-order valence-electron chi connectivity index (χ1n) is 18.1. The Morgan fingerprint density at radius 1 is 0.352 bits per heavy atom. The lowest BCUT2D eigenvalue weighted by molar-refractivity contribution is 1.18. The summed E-state index contributed by atoms with van der Waals surface area (Å²) in [6.07, 6.45) is 0. The molecular weight excluding hydrogens is 655 g/mol. The van der Waals surface area contributed by atoms with Crippen LogP contribution in [0.3, 0.4) is 0 Å². The third-order valence-electron chi connectivity index (χ3n) is 10.5. The molecule has 54 heavy (non-hydrogen) atoms. The van der Waals surface area contributed by atoms with Gasteiger partial charge in [-0.25, -0.2) is 9.97 Å². The number of nitrogens with zero attached hydrogens (tertiary/aromatic N) is 3. The fraction of sp³-hybridized carbons (Fsp3) is 0. The summed E-state index contributed by atoms with van der Waals surface area (Å²) < 4.78 is 0. The maximum atomic E-state index is 9.39. The van der Waals surface area contributed by atoms with Crippen molar-refractivity contribution >= 4 is 43.1 Å². The van der Waals surface area contributed by atoms with Crippen molar-refractivity contribution in [2.24, 2.45) is 0 Å². The van der Waals surface area contributed by atoms with Crippen LogP contribution in [0.5, 0.6) is 0 Å². The molecule has 1 aromatic heterocycles. The fourth-order valence-electron chi connectivity index (χ4n) is 7.89. The Hall–Kier alpha value is -7.41. The lowest BCUT2D eigenvalue weighted by atomic mass is 9.88. The molecule has 0 saturated carbocycles. The van der Waals surface area contributed by atoms with Gasteiger partial charge in [0.1, 0.15) is 0 Å². The van der Waals surface area contributed by atoms with E-state index in [0.29, 0.717) is 11.4 Å². The summed E-state index contributed by atoms with van der Waals surface area (Å²) in [5.41, 5.74) is 9.96. The standard InChI is InChI=1S/C51H31N3/c52-32-33-18-20-36(21-19-33)48-31-49(54-51(53-48)38-11-2-1-3-12-38)45-29-28-41(43-16-8-9-17-44(43)45)35-22-24-37(25-23-35)50-42-15-7-5-13-39(42)30-47-40-14-6-4-10-34(40)26-27-46(47)50/h1-31H. The predicted octanol–water partition coefficient (Wildman–Crippen LogP) is 13.3. The van der Waals surface area contributed by atoms with E-state index < -0.39 is 0 Å². The van der Waals surface area contributed by atoms with E-state index in [9.17, 15) is 5.26 Å². The van der Waals surface area contributed by atoms with Crippen LogP contribution in [0, 0.1) is 11.3 Å². The first-order valence-corrected chi connectivity index (χ1v) is 18.1. The number of hydrogen-bond acceptors (Lipinski definition) is 3. The van der Waals surface area contributed by atoms with E-state index in [0.717, 1.165) is 44.4 Å². The Balaban J connectivity index is 1.10. The van der Waals surface area contributed by atoms with E-state index in [-0.39, 0.29) is 0 Å². The van der Waals surface area contributed by atoms with Crippen molar-refractivity contribution in [3.8, 4) is 62.2 Å².